The van der Waals surface area contributed by atoms with E-state index in [1.165, 1.54) is 0 Å². The molecule has 2 heterocycles. The lowest BCUT2D eigenvalue weighted by Crippen LogP contribution is -2.20. The molecule has 104 valence electrons. The summed E-state index contributed by atoms with van der Waals surface area (Å²) in [5.74, 6) is 0.921. The Balaban J connectivity index is 1.74. The van der Waals surface area contributed by atoms with Crippen molar-refractivity contribution < 1.29 is 5.11 Å². The molecule has 0 aliphatic rings. The number of para-hydroxylation sites is 2. The Morgan fingerprint density at radius 2 is 2.05 bits per heavy atom. The van der Waals surface area contributed by atoms with E-state index in [2.05, 4.69) is 21.5 Å². The Morgan fingerprint density at radius 1 is 1.20 bits per heavy atom. The van der Waals surface area contributed by atoms with E-state index in [0.717, 1.165) is 23.4 Å². The number of nitrogens with zero attached hydrogens (tertiary/aromatic N) is 4. The first-order valence-corrected chi connectivity index (χ1v) is 6.86. The molecule has 0 aliphatic heterocycles. The number of aromatic nitrogens is 4. The number of aliphatic hydroxyl groups excluding tert-OH is 1. The van der Waals surface area contributed by atoms with Crippen molar-refractivity contribution in [3.63, 3.8) is 0 Å². The summed E-state index contributed by atoms with van der Waals surface area (Å²) in [5.41, 5.74) is 2.00. The molecule has 1 atom stereocenters. The molecule has 3 aromatic rings. The summed E-state index contributed by atoms with van der Waals surface area (Å²) in [6.45, 7) is 3.47. The van der Waals surface area contributed by atoms with Crippen molar-refractivity contribution in [1.29, 1.82) is 0 Å². The second kappa shape index (κ2) is 5.46. The third-order valence-corrected chi connectivity index (χ3v) is 3.50. The topological polar surface area (TPSA) is 55.9 Å². The highest BCUT2D eigenvalue weighted by Gasteiger charge is 2.12. The summed E-state index contributed by atoms with van der Waals surface area (Å²) >= 11 is 0. The van der Waals surface area contributed by atoms with Gasteiger partial charge in [-0.1, -0.05) is 12.1 Å². The summed E-state index contributed by atoms with van der Waals surface area (Å²) < 4.78 is 4.04. The van der Waals surface area contributed by atoms with E-state index in [0.29, 0.717) is 13.0 Å². The van der Waals surface area contributed by atoms with Crippen LogP contribution in [0, 0.1) is 0 Å². The summed E-state index contributed by atoms with van der Waals surface area (Å²) in [6.07, 6.45) is 5.57. The molecule has 0 fully saturated rings. The van der Waals surface area contributed by atoms with Gasteiger partial charge in [0.1, 0.15) is 5.82 Å². The minimum absolute atomic E-state index is 0.472. The van der Waals surface area contributed by atoms with E-state index in [1.54, 1.807) is 12.5 Å². The van der Waals surface area contributed by atoms with Gasteiger partial charge in [-0.05, 0) is 19.1 Å². The Bertz CT molecular complexity index is 701. The molecule has 1 N–H and O–H groups in total. The molecule has 0 spiro atoms. The first kappa shape index (κ1) is 12.9. The lowest BCUT2D eigenvalue weighted by molar-refractivity contribution is 0.152. The van der Waals surface area contributed by atoms with Crippen LogP contribution in [0.2, 0.25) is 0 Å². The molecule has 0 bridgehead atoms. The molecular formula is C15H18N4O. The number of hydrogen-bond acceptors (Lipinski definition) is 3. The number of fused-ring (bicyclic) bond motifs is 1. The average Bonchev–Trinajstić information content (AvgIpc) is 3.06. The van der Waals surface area contributed by atoms with Gasteiger partial charge in [0.05, 0.1) is 30.0 Å². The standard InChI is InChI=1S/C15H18N4O/c1-2-18-8-7-16-15(18)9-12(20)10-19-11-17-13-5-3-4-6-14(13)19/h3-8,11-12,20H,2,9-10H2,1H3. The number of rotatable bonds is 5. The molecule has 0 radical (unpaired) electrons. The molecule has 0 saturated carbocycles. The average molecular weight is 270 g/mol. The highest BCUT2D eigenvalue weighted by atomic mass is 16.3. The largest absolute Gasteiger partial charge is 0.391 e. The lowest BCUT2D eigenvalue weighted by Gasteiger charge is -2.12. The van der Waals surface area contributed by atoms with Gasteiger partial charge in [-0.2, -0.15) is 0 Å². The molecule has 0 aliphatic carbocycles. The summed E-state index contributed by atoms with van der Waals surface area (Å²) in [5, 5.41) is 10.3. The second-order valence-electron chi connectivity index (χ2n) is 4.87. The van der Waals surface area contributed by atoms with Crippen LogP contribution in [0.25, 0.3) is 11.0 Å². The van der Waals surface area contributed by atoms with Crippen LogP contribution < -0.4 is 0 Å². The van der Waals surface area contributed by atoms with Crippen LogP contribution >= 0.6 is 0 Å². The lowest BCUT2D eigenvalue weighted by atomic mass is 10.2. The monoisotopic (exact) mass is 270 g/mol. The predicted octanol–water partition coefficient (Wildman–Crippen LogP) is 1.86. The Hall–Kier alpha value is -2.14. The molecule has 20 heavy (non-hydrogen) atoms. The van der Waals surface area contributed by atoms with Gasteiger partial charge in [0.25, 0.3) is 0 Å². The SMILES string of the molecule is CCn1ccnc1CC(O)Cn1cnc2ccccc21. The van der Waals surface area contributed by atoms with E-state index in [1.807, 2.05) is 35.0 Å². The highest BCUT2D eigenvalue weighted by molar-refractivity contribution is 5.74. The molecule has 5 heteroatoms. The number of aryl methyl sites for hydroxylation is 1. The van der Waals surface area contributed by atoms with E-state index in [-0.39, 0.29) is 0 Å². The zero-order valence-electron chi connectivity index (χ0n) is 11.5. The second-order valence-corrected chi connectivity index (χ2v) is 4.87. The molecular weight excluding hydrogens is 252 g/mol. The molecule has 5 nitrogen and oxygen atoms in total. The third kappa shape index (κ3) is 2.44. The Morgan fingerprint density at radius 3 is 2.90 bits per heavy atom. The van der Waals surface area contributed by atoms with Gasteiger partial charge in [-0.3, -0.25) is 0 Å². The molecule has 0 amide bonds. The molecule has 1 aromatic carbocycles. The van der Waals surface area contributed by atoms with Crippen molar-refractivity contribution in [2.24, 2.45) is 0 Å². The fourth-order valence-corrected chi connectivity index (χ4v) is 2.48. The number of aliphatic hydroxyl groups is 1. The van der Waals surface area contributed by atoms with Crippen LogP contribution in [0.1, 0.15) is 12.7 Å². The fraction of sp³-hybridized carbons (Fsp3) is 0.333. The van der Waals surface area contributed by atoms with Crippen LogP contribution in [0.3, 0.4) is 0 Å². The van der Waals surface area contributed by atoms with Gasteiger partial charge in [-0.15, -0.1) is 0 Å². The van der Waals surface area contributed by atoms with E-state index < -0.39 is 6.10 Å². The summed E-state index contributed by atoms with van der Waals surface area (Å²) in [4.78, 5) is 8.63. The Kier molecular flexibility index (Phi) is 3.52. The predicted molar refractivity (Wildman–Crippen MR) is 77.3 cm³/mol. The summed E-state index contributed by atoms with van der Waals surface area (Å²) in [7, 11) is 0. The van der Waals surface area contributed by atoms with Crippen molar-refractivity contribution in [3.8, 4) is 0 Å². The van der Waals surface area contributed by atoms with Crippen LogP contribution in [0.4, 0.5) is 0 Å². The quantitative estimate of drug-likeness (QED) is 0.770. The minimum atomic E-state index is -0.472. The van der Waals surface area contributed by atoms with Gasteiger partial charge in [-0.25, -0.2) is 9.97 Å². The van der Waals surface area contributed by atoms with Crippen molar-refractivity contribution in [2.75, 3.05) is 0 Å². The van der Waals surface area contributed by atoms with Crippen molar-refractivity contribution in [3.05, 3.63) is 48.8 Å². The van der Waals surface area contributed by atoms with Crippen LogP contribution in [-0.4, -0.2) is 30.3 Å². The van der Waals surface area contributed by atoms with E-state index in [9.17, 15) is 5.11 Å². The van der Waals surface area contributed by atoms with Crippen LogP contribution in [-0.2, 0) is 19.5 Å². The van der Waals surface area contributed by atoms with Crippen molar-refractivity contribution in [1.82, 2.24) is 19.1 Å². The molecule has 3 rings (SSSR count). The van der Waals surface area contributed by atoms with Crippen molar-refractivity contribution in [2.45, 2.75) is 32.5 Å². The smallest absolute Gasteiger partial charge is 0.111 e. The first-order chi connectivity index (χ1) is 9.78. The zero-order chi connectivity index (χ0) is 13.9. The van der Waals surface area contributed by atoms with Gasteiger partial charge in [0, 0.05) is 25.4 Å². The number of hydrogen-bond donors (Lipinski definition) is 1. The molecule has 1 unspecified atom stereocenters. The number of imidazole rings is 2. The zero-order valence-corrected chi connectivity index (χ0v) is 11.5. The summed E-state index contributed by atoms with van der Waals surface area (Å²) in [6, 6.07) is 7.94. The molecule has 0 saturated heterocycles. The van der Waals surface area contributed by atoms with Gasteiger partial charge >= 0.3 is 0 Å². The third-order valence-electron chi connectivity index (χ3n) is 3.50. The first-order valence-electron chi connectivity index (χ1n) is 6.86. The number of benzene rings is 1. The van der Waals surface area contributed by atoms with Gasteiger partial charge in [0.15, 0.2) is 0 Å². The Labute approximate surface area is 117 Å². The van der Waals surface area contributed by atoms with E-state index >= 15 is 0 Å². The van der Waals surface area contributed by atoms with Crippen LogP contribution in [0.5, 0.6) is 0 Å². The molecule has 2 aromatic heterocycles. The minimum Gasteiger partial charge on any atom is -0.391 e. The maximum Gasteiger partial charge on any atom is 0.111 e. The van der Waals surface area contributed by atoms with Crippen LogP contribution in [0.15, 0.2) is 43.0 Å². The fourth-order valence-electron chi connectivity index (χ4n) is 2.48. The maximum absolute atomic E-state index is 10.3. The van der Waals surface area contributed by atoms with Gasteiger partial charge < -0.3 is 14.2 Å². The maximum atomic E-state index is 10.3. The normalized spacial score (nSPS) is 12.9. The van der Waals surface area contributed by atoms with E-state index in [4.69, 9.17) is 0 Å². The highest BCUT2D eigenvalue weighted by Crippen LogP contribution is 2.13. The van der Waals surface area contributed by atoms with Gasteiger partial charge in [0.2, 0.25) is 0 Å². The van der Waals surface area contributed by atoms with Crippen molar-refractivity contribution >= 4 is 11.0 Å².